The molecule has 3 aromatic rings. The van der Waals surface area contributed by atoms with Crippen molar-refractivity contribution in [2.45, 2.75) is 19.0 Å². The fourth-order valence-electron chi connectivity index (χ4n) is 4.61. The molecule has 2 heterocycles. The van der Waals surface area contributed by atoms with Gasteiger partial charge in [0.05, 0.1) is 44.4 Å². The van der Waals surface area contributed by atoms with Crippen LogP contribution in [-0.2, 0) is 4.79 Å². The number of halogens is 6. The number of benzene rings is 3. The Labute approximate surface area is 238 Å². The van der Waals surface area contributed by atoms with Gasteiger partial charge in [-0.15, -0.1) is 0 Å². The van der Waals surface area contributed by atoms with E-state index in [-0.39, 0.29) is 36.9 Å². The Morgan fingerprint density at radius 2 is 1.43 bits per heavy atom. The van der Waals surface area contributed by atoms with Crippen LogP contribution in [0.1, 0.15) is 37.9 Å². The van der Waals surface area contributed by atoms with Crippen LogP contribution in [0.25, 0.3) is 0 Å². The van der Waals surface area contributed by atoms with Crippen LogP contribution in [-0.4, -0.2) is 35.8 Å². The maximum absolute atomic E-state index is 14.5. The van der Waals surface area contributed by atoms with Gasteiger partial charge in [0.15, 0.2) is 0 Å². The highest BCUT2D eigenvalue weighted by Gasteiger charge is 2.59. The first-order valence-corrected chi connectivity index (χ1v) is 13.0. The second kappa shape index (κ2) is 9.43. The molecule has 1 fully saturated rings. The van der Waals surface area contributed by atoms with E-state index < -0.39 is 35.6 Å². The van der Waals surface area contributed by atoms with E-state index in [9.17, 15) is 18.8 Å². The third kappa shape index (κ3) is 3.84. The minimum atomic E-state index is -1.32. The molecule has 6 nitrogen and oxygen atoms in total. The Balaban J connectivity index is 1.68. The quantitative estimate of drug-likeness (QED) is 0.129. The molecule has 2 aliphatic rings. The van der Waals surface area contributed by atoms with Crippen molar-refractivity contribution in [2.75, 3.05) is 12.0 Å². The highest BCUT2D eigenvalue weighted by Crippen LogP contribution is 2.50. The van der Waals surface area contributed by atoms with E-state index in [1.807, 2.05) is 0 Å². The van der Waals surface area contributed by atoms with Crippen LogP contribution in [0, 0.1) is 12.7 Å². The molecule has 0 saturated carbocycles. The summed E-state index contributed by atoms with van der Waals surface area (Å²) in [5, 5.41) is -0.852. The van der Waals surface area contributed by atoms with E-state index >= 15 is 0 Å². The zero-order chi connectivity index (χ0) is 26.9. The van der Waals surface area contributed by atoms with Crippen LogP contribution in [0.3, 0.4) is 0 Å². The SMILES string of the molecule is COc1ccc(Br)cc1[C@H]1[C@H](N2C(=O)c3c(Cl)c(Cl)c(Cl)c(Cl)c3C2=O)C(=O)N1c1ccc(C)c(F)c1. The zero-order valence-corrected chi connectivity index (χ0v) is 23.5. The number of amides is 3. The smallest absolute Gasteiger partial charge is 0.264 e. The van der Waals surface area contributed by atoms with Gasteiger partial charge in [0.1, 0.15) is 17.6 Å². The summed E-state index contributed by atoms with van der Waals surface area (Å²) >= 11 is 28.2. The lowest BCUT2D eigenvalue weighted by atomic mass is 9.85. The van der Waals surface area contributed by atoms with Gasteiger partial charge in [-0.2, -0.15) is 0 Å². The number of β-lactam (4-membered cyclic amide) rings is 1. The van der Waals surface area contributed by atoms with Gasteiger partial charge in [-0.3, -0.25) is 19.3 Å². The van der Waals surface area contributed by atoms with Crippen LogP contribution < -0.4 is 9.64 Å². The van der Waals surface area contributed by atoms with Gasteiger partial charge in [0.2, 0.25) is 0 Å². The van der Waals surface area contributed by atoms with Crippen LogP contribution in [0.15, 0.2) is 40.9 Å². The molecule has 0 aromatic heterocycles. The summed E-state index contributed by atoms with van der Waals surface area (Å²) in [4.78, 5) is 42.9. The second-order valence-electron chi connectivity index (χ2n) is 8.40. The number of methoxy groups -OCH3 is 1. The summed E-state index contributed by atoms with van der Waals surface area (Å²) in [6, 6.07) is 7.20. The Kier molecular flexibility index (Phi) is 6.69. The molecule has 0 aliphatic carbocycles. The van der Waals surface area contributed by atoms with Gasteiger partial charge in [0.25, 0.3) is 17.7 Å². The van der Waals surface area contributed by atoms with E-state index in [2.05, 4.69) is 15.9 Å². The first-order chi connectivity index (χ1) is 17.5. The molecule has 0 bridgehead atoms. The number of nitrogens with zero attached hydrogens (tertiary/aromatic N) is 2. The highest BCUT2D eigenvalue weighted by molar-refractivity contribution is 9.10. The fraction of sp³-hybridized carbons (Fsp3) is 0.160. The molecule has 2 aliphatic heterocycles. The van der Waals surface area contributed by atoms with Crippen molar-refractivity contribution in [1.29, 1.82) is 0 Å². The van der Waals surface area contributed by atoms with Gasteiger partial charge in [0, 0.05) is 15.7 Å². The number of imide groups is 1. The third-order valence-corrected chi connectivity index (χ3v) is 8.72. The summed E-state index contributed by atoms with van der Waals surface area (Å²) in [7, 11) is 1.45. The average molecular weight is 647 g/mol. The molecule has 190 valence electrons. The first kappa shape index (κ1) is 26.3. The van der Waals surface area contributed by atoms with Crippen LogP contribution in [0.4, 0.5) is 10.1 Å². The van der Waals surface area contributed by atoms with Crippen molar-refractivity contribution in [3.63, 3.8) is 0 Å². The van der Waals surface area contributed by atoms with Crippen LogP contribution >= 0.6 is 62.3 Å². The molecule has 5 rings (SSSR count). The number of rotatable bonds is 4. The number of hydrogen-bond donors (Lipinski definition) is 0. The lowest BCUT2D eigenvalue weighted by Crippen LogP contribution is -2.67. The van der Waals surface area contributed by atoms with Gasteiger partial charge in [-0.05, 0) is 42.8 Å². The average Bonchev–Trinajstić information content (AvgIpc) is 3.12. The van der Waals surface area contributed by atoms with E-state index in [4.69, 9.17) is 51.1 Å². The predicted octanol–water partition coefficient (Wildman–Crippen LogP) is 7.27. The van der Waals surface area contributed by atoms with E-state index in [0.29, 0.717) is 21.3 Å². The zero-order valence-electron chi connectivity index (χ0n) is 18.9. The Morgan fingerprint density at radius 3 is 1.97 bits per heavy atom. The molecule has 0 radical (unpaired) electrons. The molecule has 0 unspecified atom stereocenters. The van der Waals surface area contributed by atoms with Gasteiger partial charge in [-0.1, -0.05) is 68.4 Å². The molecule has 3 aromatic carbocycles. The highest BCUT2D eigenvalue weighted by atomic mass is 79.9. The molecular weight excluding hydrogens is 633 g/mol. The summed E-state index contributed by atoms with van der Waals surface area (Å²) < 4.78 is 20.7. The molecule has 0 N–H and O–H groups in total. The van der Waals surface area contributed by atoms with Gasteiger partial charge in [-0.25, -0.2) is 4.39 Å². The second-order valence-corrected chi connectivity index (χ2v) is 10.8. The Morgan fingerprint density at radius 1 is 0.838 bits per heavy atom. The number of anilines is 1. The van der Waals surface area contributed by atoms with Crippen molar-refractivity contribution in [1.82, 2.24) is 4.90 Å². The summed E-state index contributed by atoms with van der Waals surface area (Å²) in [6.07, 6.45) is 0. The fourth-order valence-corrected chi connectivity index (χ4v) is 6.00. The standard InChI is InChI=1S/C25H14BrCl4FN2O4/c1-9-3-5-11(8-13(9)31)32-21(12-7-10(26)4-6-14(12)37-2)22(25(32)36)33-23(34)15-16(24(33)35)18(28)20(30)19(29)17(15)27/h3-8,21-22H,1-2H3/t21-,22-/m0/s1. The number of fused-ring (bicyclic) bond motifs is 1. The van der Waals surface area contributed by atoms with E-state index in [0.717, 1.165) is 4.90 Å². The van der Waals surface area contributed by atoms with Crippen molar-refractivity contribution >= 4 is 85.7 Å². The summed E-state index contributed by atoms with van der Waals surface area (Å²) in [5.41, 5.74) is 0.642. The predicted molar refractivity (Wildman–Crippen MR) is 143 cm³/mol. The van der Waals surface area contributed by atoms with Crippen molar-refractivity contribution in [3.8, 4) is 5.75 Å². The number of hydrogen-bond acceptors (Lipinski definition) is 4. The summed E-state index contributed by atoms with van der Waals surface area (Å²) in [6.45, 7) is 1.59. The molecule has 2 atom stereocenters. The number of aryl methyl sites for hydroxylation is 1. The molecule has 12 heteroatoms. The van der Waals surface area contributed by atoms with Crippen molar-refractivity contribution in [2.24, 2.45) is 0 Å². The number of carbonyl (C=O) groups excluding carboxylic acids is 3. The maximum atomic E-state index is 14.5. The number of carbonyl (C=O) groups is 3. The minimum Gasteiger partial charge on any atom is -0.496 e. The van der Waals surface area contributed by atoms with Crippen LogP contribution in [0.5, 0.6) is 5.75 Å². The minimum absolute atomic E-state index is 0.183. The molecule has 0 spiro atoms. The summed E-state index contributed by atoms with van der Waals surface area (Å²) in [5.74, 6) is -2.44. The van der Waals surface area contributed by atoms with Gasteiger partial charge >= 0.3 is 0 Å². The Bertz CT molecular complexity index is 1500. The first-order valence-electron chi connectivity index (χ1n) is 10.7. The van der Waals surface area contributed by atoms with Crippen molar-refractivity contribution < 1.29 is 23.5 Å². The normalized spacial score (nSPS) is 18.9. The third-order valence-electron chi connectivity index (χ3n) is 6.42. The van der Waals surface area contributed by atoms with E-state index in [1.165, 1.54) is 24.1 Å². The molecule has 1 saturated heterocycles. The van der Waals surface area contributed by atoms with Crippen molar-refractivity contribution in [3.05, 3.63) is 89.0 Å². The largest absolute Gasteiger partial charge is 0.496 e. The van der Waals surface area contributed by atoms with E-state index in [1.54, 1.807) is 31.2 Å². The molecule has 37 heavy (non-hydrogen) atoms. The Hall–Kier alpha value is -2.36. The topological polar surface area (TPSA) is 66.9 Å². The van der Waals surface area contributed by atoms with Gasteiger partial charge < -0.3 is 9.64 Å². The maximum Gasteiger partial charge on any atom is 0.264 e. The lowest BCUT2D eigenvalue weighted by Gasteiger charge is -2.50. The lowest BCUT2D eigenvalue weighted by molar-refractivity contribution is -0.130. The number of ether oxygens (including phenoxy) is 1. The monoisotopic (exact) mass is 644 g/mol. The molecular formula is C25H14BrCl4FN2O4. The molecule has 3 amide bonds. The van der Waals surface area contributed by atoms with Crippen LogP contribution in [0.2, 0.25) is 20.1 Å².